The number of hydrogen-bond donors (Lipinski definition) is 1. The molecule has 1 N–H and O–H groups in total. The summed E-state index contributed by atoms with van der Waals surface area (Å²) < 4.78 is 5.31. The minimum atomic E-state index is -0.118. The molecule has 0 aliphatic carbocycles. The van der Waals surface area contributed by atoms with Gasteiger partial charge in [-0.25, -0.2) is 4.98 Å². The maximum Gasteiger partial charge on any atom is 0.228 e. The zero-order chi connectivity index (χ0) is 9.68. The Kier molecular flexibility index (Phi) is 4.14. The zero-order valence-corrected chi connectivity index (χ0v) is 8.61. The second kappa shape index (κ2) is 5.16. The second-order valence-corrected chi connectivity index (χ2v) is 3.92. The third-order valence-corrected chi connectivity index (χ3v) is 2.29. The third kappa shape index (κ3) is 3.71. The number of aromatic nitrogens is 1. The number of nitrogens with zero attached hydrogens (tertiary/aromatic N) is 1. The molecule has 0 saturated heterocycles. The largest absolute Gasteiger partial charge is 0.384 e. The molecule has 1 aromatic rings. The monoisotopic (exact) mass is 220 g/mol. The summed E-state index contributed by atoms with van der Waals surface area (Å²) in [5.74, 6) is -0.118. The number of ether oxygens (including phenoxy) is 1. The topological polar surface area (TPSA) is 51.2 Å². The normalized spacial score (nSPS) is 10.0. The van der Waals surface area contributed by atoms with Crippen molar-refractivity contribution in [3.63, 3.8) is 0 Å². The van der Waals surface area contributed by atoms with Crippen molar-refractivity contribution >= 4 is 34.0 Å². The fraction of sp³-hybridized carbons (Fsp3) is 0.429. The van der Waals surface area contributed by atoms with Crippen molar-refractivity contribution in [2.45, 2.75) is 6.42 Å². The number of carbonyl (C=O) groups excluding carboxylic acids is 1. The maximum absolute atomic E-state index is 11.1. The van der Waals surface area contributed by atoms with Crippen LogP contribution in [0.1, 0.15) is 6.42 Å². The first-order valence-electron chi connectivity index (χ1n) is 3.62. The van der Waals surface area contributed by atoms with Gasteiger partial charge in [-0.15, -0.1) is 0 Å². The van der Waals surface area contributed by atoms with Crippen LogP contribution in [0.3, 0.4) is 0 Å². The highest BCUT2D eigenvalue weighted by Crippen LogP contribution is 2.22. The summed E-state index contributed by atoms with van der Waals surface area (Å²) in [7, 11) is 1.55. The first-order valence-corrected chi connectivity index (χ1v) is 4.82. The highest BCUT2D eigenvalue weighted by atomic mass is 35.5. The van der Waals surface area contributed by atoms with Crippen LogP contribution in [0.2, 0.25) is 4.34 Å². The molecule has 0 atom stereocenters. The van der Waals surface area contributed by atoms with E-state index in [1.807, 2.05) is 0 Å². The summed E-state index contributed by atoms with van der Waals surface area (Å²) in [5, 5.41) is 3.12. The van der Waals surface area contributed by atoms with Gasteiger partial charge >= 0.3 is 0 Å². The van der Waals surface area contributed by atoms with Crippen LogP contribution in [0.15, 0.2) is 6.20 Å². The summed E-state index contributed by atoms with van der Waals surface area (Å²) in [6, 6.07) is 0. The van der Waals surface area contributed by atoms with Gasteiger partial charge in [0.2, 0.25) is 5.91 Å². The predicted molar refractivity (Wildman–Crippen MR) is 52.2 cm³/mol. The van der Waals surface area contributed by atoms with E-state index in [1.54, 1.807) is 7.11 Å². The number of amides is 1. The molecular formula is C7H9ClN2O2S. The van der Waals surface area contributed by atoms with Crippen molar-refractivity contribution in [2.75, 3.05) is 19.0 Å². The number of carbonyl (C=O) groups is 1. The molecule has 6 heteroatoms. The summed E-state index contributed by atoms with van der Waals surface area (Å²) in [5.41, 5.74) is 0. The van der Waals surface area contributed by atoms with Crippen molar-refractivity contribution < 1.29 is 9.53 Å². The fourth-order valence-electron chi connectivity index (χ4n) is 0.689. The van der Waals surface area contributed by atoms with Gasteiger partial charge in [0.1, 0.15) is 4.34 Å². The predicted octanol–water partition coefficient (Wildman–Crippen LogP) is 1.77. The van der Waals surface area contributed by atoms with Gasteiger partial charge < -0.3 is 10.1 Å². The van der Waals surface area contributed by atoms with E-state index in [9.17, 15) is 4.79 Å². The highest BCUT2D eigenvalue weighted by molar-refractivity contribution is 7.19. The number of nitrogens with one attached hydrogen (secondary N) is 1. The Morgan fingerprint density at radius 3 is 3.15 bits per heavy atom. The Balaban J connectivity index is 2.36. The van der Waals surface area contributed by atoms with Crippen LogP contribution in [0, 0.1) is 0 Å². The minimum absolute atomic E-state index is 0.118. The van der Waals surface area contributed by atoms with Gasteiger partial charge in [-0.2, -0.15) is 0 Å². The first kappa shape index (κ1) is 10.4. The molecular weight excluding hydrogens is 212 g/mol. The van der Waals surface area contributed by atoms with Gasteiger partial charge in [0.25, 0.3) is 0 Å². The van der Waals surface area contributed by atoms with Crippen molar-refractivity contribution in [1.82, 2.24) is 4.98 Å². The van der Waals surface area contributed by atoms with Crippen molar-refractivity contribution in [3.8, 4) is 0 Å². The second-order valence-electron chi connectivity index (χ2n) is 2.26. The number of hydrogen-bond acceptors (Lipinski definition) is 4. The molecule has 0 aliphatic heterocycles. The van der Waals surface area contributed by atoms with Crippen molar-refractivity contribution in [3.05, 3.63) is 10.5 Å². The first-order chi connectivity index (χ1) is 6.22. The number of halogens is 1. The van der Waals surface area contributed by atoms with Gasteiger partial charge in [0, 0.05) is 7.11 Å². The molecule has 4 nitrogen and oxygen atoms in total. The number of thiazole rings is 1. The molecule has 72 valence electrons. The van der Waals surface area contributed by atoms with Crippen LogP contribution in [-0.4, -0.2) is 24.6 Å². The van der Waals surface area contributed by atoms with Crippen LogP contribution in [0.25, 0.3) is 0 Å². The molecule has 13 heavy (non-hydrogen) atoms. The van der Waals surface area contributed by atoms with Crippen LogP contribution in [0.4, 0.5) is 5.13 Å². The average Bonchev–Trinajstić information content (AvgIpc) is 2.48. The van der Waals surface area contributed by atoms with E-state index in [1.165, 1.54) is 17.5 Å². The van der Waals surface area contributed by atoms with Crippen LogP contribution < -0.4 is 5.32 Å². The molecule has 0 saturated carbocycles. The van der Waals surface area contributed by atoms with E-state index in [0.29, 0.717) is 22.5 Å². The van der Waals surface area contributed by atoms with Crippen LogP contribution >= 0.6 is 22.9 Å². The van der Waals surface area contributed by atoms with Gasteiger partial charge in [0.15, 0.2) is 5.13 Å². The van der Waals surface area contributed by atoms with E-state index in [0.717, 1.165) is 0 Å². The summed E-state index contributed by atoms with van der Waals surface area (Å²) in [6.45, 7) is 0.408. The summed E-state index contributed by atoms with van der Waals surface area (Å²) in [6.07, 6.45) is 1.83. The van der Waals surface area contributed by atoms with E-state index >= 15 is 0 Å². The summed E-state index contributed by atoms with van der Waals surface area (Å²) in [4.78, 5) is 15.0. The molecule has 0 unspecified atom stereocenters. The Labute approximate surface area is 84.9 Å². The highest BCUT2D eigenvalue weighted by Gasteiger charge is 2.04. The van der Waals surface area contributed by atoms with Gasteiger partial charge in [-0.3, -0.25) is 4.79 Å². The molecule has 1 amide bonds. The Morgan fingerprint density at radius 1 is 1.85 bits per heavy atom. The van der Waals surface area contributed by atoms with Gasteiger partial charge in [-0.1, -0.05) is 22.9 Å². The van der Waals surface area contributed by atoms with Gasteiger partial charge in [-0.05, 0) is 0 Å². The van der Waals surface area contributed by atoms with E-state index in [4.69, 9.17) is 16.3 Å². The maximum atomic E-state index is 11.1. The number of rotatable bonds is 4. The third-order valence-electron chi connectivity index (χ3n) is 1.26. The molecule has 1 heterocycles. The Hall–Kier alpha value is -0.650. The number of methoxy groups -OCH3 is 1. The molecule has 0 radical (unpaired) electrons. The molecule has 0 aliphatic rings. The lowest BCUT2D eigenvalue weighted by atomic mass is 10.4. The molecule has 1 rings (SSSR count). The van der Waals surface area contributed by atoms with Crippen molar-refractivity contribution in [2.24, 2.45) is 0 Å². The average molecular weight is 221 g/mol. The molecule has 1 aromatic heterocycles. The van der Waals surface area contributed by atoms with E-state index in [-0.39, 0.29) is 5.91 Å². The molecule has 0 bridgehead atoms. The quantitative estimate of drug-likeness (QED) is 0.842. The fourth-order valence-corrected chi connectivity index (χ4v) is 1.52. The lowest BCUT2D eigenvalue weighted by Crippen LogP contribution is -2.13. The smallest absolute Gasteiger partial charge is 0.228 e. The van der Waals surface area contributed by atoms with Crippen LogP contribution in [0.5, 0.6) is 0 Å². The van der Waals surface area contributed by atoms with Crippen molar-refractivity contribution in [1.29, 1.82) is 0 Å². The Bertz CT molecular complexity index is 290. The SMILES string of the molecule is COCCC(=O)Nc1ncc(Cl)s1. The lowest BCUT2D eigenvalue weighted by Gasteiger charge is -1.99. The standard InChI is InChI=1S/C7H9ClN2O2S/c1-12-3-2-6(11)10-7-9-4-5(8)13-7/h4H,2-3H2,1H3,(H,9,10,11). The van der Waals surface area contributed by atoms with E-state index in [2.05, 4.69) is 10.3 Å². The molecule has 0 fully saturated rings. The lowest BCUT2D eigenvalue weighted by molar-refractivity contribution is -0.117. The number of anilines is 1. The molecule has 0 spiro atoms. The van der Waals surface area contributed by atoms with Crippen LogP contribution in [-0.2, 0) is 9.53 Å². The minimum Gasteiger partial charge on any atom is -0.384 e. The Morgan fingerprint density at radius 2 is 2.62 bits per heavy atom. The zero-order valence-electron chi connectivity index (χ0n) is 7.04. The van der Waals surface area contributed by atoms with Gasteiger partial charge in [0.05, 0.1) is 19.2 Å². The molecule has 0 aromatic carbocycles. The van der Waals surface area contributed by atoms with E-state index < -0.39 is 0 Å². The summed E-state index contributed by atoms with van der Waals surface area (Å²) >= 11 is 6.86.